The Bertz CT molecular complexity index is 251. The number of nitrogens with two attached hydrogens (primary N) is 1. The fourth-order valence-electron chi connectivity index (χ4n) is 0.754. The average molecular weight is 250 g/mol. The number of rotatable bonds is 3. The Morgan fingerprint density at radius 2 is 2.50 bits per heavy atom. The second-order valence-corrected chi connectivity index (χ2v) is 4.30. The summed E-state index contributed by atoms with van der Waals surface area (Å²) in [6.07, 6.45) is 0. The van der Waals surface area contributed by atoms with Crippen molar-refractivity contribution in [1.29, 1.82) is 0 Å². The highest BCUT2D eigenvalue weighted by molar-refractivity contribution is 9.10. The second kappa shape index (κ2) is 4.20. The molecule has 5 heteroatoms. The van der Waals surface area contributed by atoms with Gasteiger partial charge in [0.15, 0.2) is 5.13 Å². The molecular formula is C7H12BrN3S. The molecule has 0 spiro atoms. The van der Waals surface area contributed by atoms with Crippen molar-refractivity contribution >= 4 is 32.4 Å². The van der Waals surface area contributed by atoms with Gasteiger partial charge in [-0.3, -0.25) is 0 Å². The van der Waals surface area contributed by atoms with Gasteiger partial charge in [0, 0.05) is 25.0 Å². The van der Waals surface area contributed by atoms with Crippen molar-refractivity contribution in [2.45, 2.75) is 13.0 Å². The largest absolute Gasteiger partial charge is 0.347 e. The summed E-state index contributed by atoms with van der Waals surface area (Å²) >= 11 is 4.93. The molecule has 1 rings (SSSR count). The molecule has 1 unspecified atom stereocenters. The normalized spacial score (nSPS) is 13.0. The Morgan fingerprint density at radius 3 is 2.92 bits per heavy atom. The first-order valence-electron chi connectivity index (χ1n) is 3.69. The SMILES string of the molecule is CC(CN)N(C)c1nc(Br)cs1. The fraction of sp³-hybridized carbons (Fsp3) is 0.571. The van der Waals surface area contributed by atoms with Crippen molar-refractivity contribution in [3.63, 3.8) is 0 Å². The number of aromatic nitrogens is 1. The van der Waals surface area contributed by atoms with E-state index in [1.54, 1.807) is 11.3 Å². The number of hydrogen-bond donors (Lipinski definition) is 1. The number of thiazole rings is 1. The third-order valence-electron chi connectivity index (χ3n) is 1.77. The molecule has 0 aliphatic rings. The Balaban J connectivity index is 2.70. The summed E-state index contributed by atoms with van der Waals surface area (Å²) in [7, 11) is 2.00. The van der Waals surface area contributed by atoms with E-state index in [1.165, 1.54) is 0 Å². The number of likely N-dealkylation sites (N-methyl/N-ethyl adjacent to an activating group) is 1. The molecule has 1 aromatic rings. The van der Waals surface area contributed by atoms with Crippen molar-refractivity contribution in [1.82, 2.24) is 4.98 Å². The van der Waals surface area contributed by atoms with Gasteiger partial charge in [0.2, 0.25) is 0 Å². The summed E-state index contributed by atoms with van der Waals surface area (Å²) in [5.41, 5.74) is 5.54. The Morgan fingerprint density at radius 1 is 1.83 bits per heavy atom. The summed E-state index contributed by atoms with van der Waals surface area (Å²) in [4.78, 5) is 6.36. The van der Waals surface area contributed by atoms with Crippen LogP contribution in [0.2, 0.25) is 0 Å². The molecule has 0 bridgehead atoms. The monoisotopic (exact) mass is 249 g/mol. The smallest absolute Gasteiger partial charge is 0.186 e. The van der Waals surface area contributed by atoms with Crippen molar-refractivity contribution in [3.8, 4) is 0 Å². The number of anilines is 1. The van der Waals surface area contributed by atoms with E-state index in [9.17, 15) is 0 Å². The van der Waals surface area contributed by atoms with Crippen LogP contribution in [-0.4, -0.2) is 24.6 Å². The average Bonchev–Trinajstić information content (AvgIpc) is 2.49. The van der Waals surface area contributed by atoms with Crippen molar-refractivity contribution in [2.24, 2.45) is 5.73 Å². The second-order valence-electron chi connectivity index (χ2n) is 2.65. The zero-order valence-electron chi connectivity index (χ0n) is 7.12. The standard InChI is InChI=1S/C7H12BrN3S/c1-5(3-9)11(2)7-10-6(8)4-12-7/h4-5H,3,9H2,1-2H3. The van der Waals surface area contributed by atoms with Crippen LogP contribution in [0, 0.1) is 0 Å². The molecule has 68 valence electrons. The molecular weight excluding hydrogens is 238 g/mol. The summed E-state index contributed by atoms with van der Waals surface area (Å²) < 4.78 is 0.888. The van der Waals surface area contributed by atoms with Gasteiger partial charge in [-0.25, -0.2) is 4.98 Å². The third kappa shape index (κ3) is 2.18. The Kier molecular flexibility index (Phi) is 3.49. The van der Waals surface area contributed by atoms with Crippen LogP contribution < -0.4 is 10.6 Å². The third-order valence-corrected chi connectivity index (χ3v) is 3.41. The molecule has 3 nitrogen and oxygen atoms in total. The van der Waals surface area contributed by atoms with Crippen molar-refractivity contribution in [3.05, 3.63) is 9.98 Å². The van der Waals surface area contributed by atoms with Crippen LogP contribution in [-0.2, 0) is 0 Å². The summed E-state index contributed by atoms with van der Waals surface area (Å²) in [5, 5.41) is 2.97. The Labute approximate surface area is 84.7 Å². The molecule has 0 fully saturated rings. The maximum absolute atomic E-state index is 5.54. The molecule has 1 aromatic heterocycles. The zero-order chi connectivity index (χ0) is 9.14. The van der Waals surface area contributed by atoms with E-state index in [4.69, 9.17) is 5.73 Å². The maximum Gasteiger partial charge on any atom is 0.186 e. The molecule has 1 heterocycles. The molecule has 12 heavy (non-hydrogen) atoms. The minimum absolute atomic E-state index is 0.336. The predicted octanol–water partition coefficient (Wildman–Crippen LogP) is 1.69. The summed E-state index contributed by atoms with van der Waals surface area (Å²) in [6.45, 7) is 2.73. The molecule has 0 amide bonds. The van der Waals surface area contributed by atoms with E-state index in [-0.39, 0.29) is 0 Å². The van der Waals surface area contributed by atoms with E-state index >= 15 is 0 Å². The molecule has 0 aliphatic heterocycles. The first-order valence-corrected chi connectivity index (χ1v) is 5.36. The highest BCUT2D eigenvalue weighted by Gasteiger charge is 2.10. The fourth-order valence-corrected chi connectivity index (χ4v) is 2.07. The van der Waals surface area contributed by atoms with Crippen molar-refractivity contribution in [2.75, 3.05) is 18.5 Å². The molecule has 0 aliphatic carbocycles. The lowest BCUT2D eigenvalue weighted by molar-refractivity contribution is 0.693. The minimum Gasteiger partial charge on any atom is -0.347 e. The van der Waals surface area contributed by atoms with E-state index in [2.05, 4.69) is 32.7 Å². The van der Waals surface area contributed by atoms with Gasteiger partial charge in [-0.1, -0.05) is 0 Å². The summed E-state index contributed by atoms with van der Waals surface area (Å²) in [6, 6.07) is 0.336. The molecule has 0 saturated carbocycles. The van der Waals surface area contributed by atoms with Crippen LogP contribution in [0.4, 0.5) is 5.13 Å². The topological polar surface area (TPSA) is 42.1 Å². The first kappa shape index (κ1) is 9.95. The van der Waals surface area contributed by atoms with Gasteiger partial charge in [0.25, 0.3) is 0 Å². The van der Waals surface area contributed by atoms with E-state index in [0.29, 0.717) is 12.6 Å². The van der Waals surface area contributed by atoms with Crippen molar-refractivity contribution < 1.29 is 0 Å². The predicted molar refractivity (Wildman–Crippen MR) is 56.7 cm³/mol. The lowest BCUT2D eigenvalue weighted by Crippen LogP contribution is -2.35. The van der Waals surface area contributed by atoms with Crippen LogP contribution in [0.3, 0.4) is 0 Å². The first-order chi connectivity index (χ1) is 5.65. The molecule has 0 radical (unpaired) electrons. The van der Waals surface area contributed by atoms with Crippen LogP contribution in [0.1, 0.15) is 6.92 Å². The number of hydrogen-bond acceptors (Lipinski definition) is 4. The molecule has 1 atom stereocenters. The van der Waals surface area contributed by atoms with Crippen LogP contribution >= 0.6 is 27.3 Å². The highest BCUT2D eigenvalue weighted by Crippen LogP contribution is 2.23. The van der Waals surface area contributed by atoms with E-state index in [0.717, 1.165) is 9.73 Å². The molecule has 0 saturated heterocycles. The van der Waals surface area contributed by atoms with Gasteiger partial charge in [-0.05, 0) is 22.9 Å². The molecule has 2 N–H and O–H groups in total. The minimum atomic E-state index is 0.336. The van der Waals surface area contributed by atoms with Gasteiger partial charge in [0.05, 0.1) is 0 Å². The highest BCUT2D eigenvalue weighted by atomic mass is 79.9. The van der Waals surface area contributed by atoms with Crippen LogP contribution in [0.15, 0.2) is 9.98 Å². The van der Waals surface area contributed by atoms with Gasteiger partial charge in [-0.2, -0.15) is 0 Å². The van der Waals surface area contributed by atoms with E-state index in [1.807, 2.05) is 12.4 Å². The molecule has 0 aromatic carbocycles. The zero-order valence-corrected chi connectivity index (χ0v) is 9.52. The Hall–Kier alpha value is -0.130. The van der Waals surface area contributed by atoms with Crippen LogP contribution in [0.5, 0.6) is 0 Å². The number of nitrogens with zero attached hydrogens (tertiary/aromatic N) is 2. The van der Waals surface area contributed by atoms with Crippen LogP contribution in [0.25, 0.3) is 0 Å². The van der Waals surface area contributed by atoms with Gasteiger partial charge >= 0.3 is 0 Å². The number of halogens is 1. The lowest BCUT2D eigenvalue weighted by Gasteiger charge is -2.22. The van der Waals surface area contributed by atoms with Gasteiger partial charge in [-0.15, -0.1) is 11.3 Å². The quantitative estimate of drug-likeness (QED) is 0.887. The van der Waals surface area contributed by atoms with Gasteiger partial charge < -0.3 is 10.6 Å². The maximum atomic E-state index is 5.54. The van der Waals surface area contributed by atoms with E-state index < -0.39 is 0 Å². The summed E-state index contributed by atoms with van der Waals surface area (Å²) in [5.74, 6) is 0. The lowest BCUT2D eigenvalue weighted by atomic mass is 10.3. The van der Waals surface area contributed by atoms with Gasteiger partial charge in [0.1, 0.15) is 4.60 Å².